The van der Waals surface area contributed by atoms with Crippen molar-refractivity contribution in [2.24, 2.45) is 16.7 Å². The van der Waals surface area contributed by atoms with Crippen LogP contribution in [0.1, 0.15) is 56.7 Å². The van der Waals surface area contributed by atoms with Crippen molar-refractivity contribution in [2.75, 3.05) is 0 Å². The predicted octanol–water partition coefficient (Wildman–Crippen LogP) is 4.42. The molecule has 20 heavy (non-hydrogen) atoms. The minimum atomic E-state index is -0.568. The molecule has 1 nitrogen and oxygen atoms in total. The van der Waals surface area contributed by atoms with Crippen LogP contribution >= 0.6 is 0 Å². The van der Waals surface area contributed by atoms with Crippen molar-refractivity contribution in [3.05, 3.63) is 34.9 Å². The lowest BCUT2D eigenvalue weighted by Gasteiger charge is -2.51. The second-order valence-corrected chi connectivity index (χ2v) is 8.19. The Bertz CT molecular complexity index is 538. The predicted molar refractivity (Wildman–Crippen MR) is 83.8 cm³/mol. The molecule has 3 unspecified atom stereocenters. The second kappa shape index (κ2) is 4.10. The van der Waals surface area contributed by atoms with Crippen LogP contribution in [0.2, 0.25) is 0 Å². The van der Waals surface area contributed by atoms with Crippen molar-refractivity contribution in [2.45, 2.75) is 65.9 Å². The van der Waals surface area contributed by atoms with Crippen LogP contribution in [0.25, 0.3) is 0 Å². The van der Waals surface area contributed by atoms with E-state index in [0.717, 1.165) is 6.42 Å². The zero-order valence-electron chi connectivity index (χ0n) is 13.6. The van der Waals surface area contributed by atoms with Crippen molar-refractivity contribution < 1.29 is 5.11 Å². The van der Waals surface area contributed by atoms with E-state index in [2.05, 4.69) is 52.8 Å². The summed E-state index contributed by atoms with van der Waals surface area (Å²) in [4.78, 5) is 0. The van der Waals surface area contributed by atoms with E-state index < -0.39 is 5.60 Å². The monoisotopic (exact) mass is 272 g/mol. The molecule has 3 rings (SSSR count). The van der Waals surface area contributed by atoms with E-state index in [1.54, 1.807) is 0 Å². The van der Waals surface area contributed by atoms with Crippen LogP contribution in [0.5, 0.6) is 0 Å². The third-order valence-electron chi connectivity index (χ3n) is 6.78. The van der Waals surface area contributed by atoms with Gasteiger partial charge in [-0.2, -0.15) is 0 Å². The first-order valence-electron chi connectivity index (χ1n) is 7.98. The molecule has 0 aromatic heterocycles. The Morgan fingerprint density at radius 3 is 2.50 bits per heavy atom. The number of hydrogen-bond acceptors (Lipinski definition) is 1. The van der Waals surface area contributed by atoms with Crippen LogP contribution in [0, 0.1) is 30.6 Å². The maximum absolute atomic E-state index is 11.6. The van der Waals surface area contributed by atoms with Gasteiger partial charge in [0.25, 0.3) is 0 Å². The van der Waals surface area contributed by atoms with Gasteiger partial charge in [-0.25, -0.2) is 0 Å². The molecule has 2 aliphatic carbocycles. The lowest BCUT2D eigenvalue weighted by atomic mass is 9.58. The van der Waals surface area contributed by atoms with Crippen LogP contribution in [0.15, 0.2) is 18.2 Å². The Kier molecular flexibility index (Phi) is 2.90. The van der Waals surface area contributed by atoms with Crippen LogP contribution in [-0.4, -0.2) is 10.7 Å². The average molecular weight is 272 g/mol. The quantitative estimate of drug-likeness (QED) is 0.844. The van der Waals surface area contributed by atoms with E-state index in [1.807, 2.05) is 0 Å². The Morgan fingerprint density at radius 2 is 1.90 bits per heavy atom. The van der Waals surface area contributed by atoms with E-state index in [9.17, 15) is 5.11 Å². The molecule has 0 aliphatic heterocycles. The second-order valence-electron chi connectivity index (χ2n) is 8.19. The van der Waals surface area contributed by atoms with Crippen LogP contribution in [0.3, 0.4) is 0 Å². The van der Waals surface area contributed by atoms with Crippen molar-refractivity contribution in [3.63, 3.8) is 0 Å². The van der Waals surface area contributed by atoms with Gasteiger partial charge in [0, 0.05) is 6.42 Å². The molecule has 1 N–H and O–H groups in total. The summed E-state index contributed by atoms with van der Waals surface area (Å²) in [6.45, 7) is 11.2. The third-order valence-corrected chi connectivity index (χ3v) is 6.78. The van der Waals surface area contributed by atoms with E-state index in [4.69, 9.17) is 0 Å². The van der Waals surface area contributed by atoms with Crippen molar-refractivity contribution in [3.8, 4) is 0 Å². The molecule has 0 heterocycles. The van der Waals surface area contributed by atoms with Gasteiger partial charge in [0.1, 0.15) is 0 Å². The lowest BCUT2D eigenvalue weighted by Crippen LogP contribution is -2.55. The van der Waals surface area contributed by atoms with Gasteiger partial charge >= 0.3 is 0 Å². The fourth-order valence-corrected chi connectivity index (χ4v) is 5.06. The van der Waals surface area contributed by atoms with Gasteiger partial charge < -0.3 is 5.11 Å². The number of hydrogen-bond donors (Lipinski definition) is 1. The zero-order chi connectivity index (χ0) is 14.8. The summed E-state index contributed by atoms with van der Waals surface area (Å²) in [5.41, 5.74) is 3.48. The lowest BCUT2D eigenvalue weighted by molar-refractivity contribution is -0.142. The molecule has 2 aliphatic rings. The maximum atomic E-state index is 11.6. The smallest absolute Gasteiger partial charge is 0.0794 e. The van der Waals surface area contributed by atoms with Gasteiger partial charge in [0.15, 0.2) is 0 Å². The van der Waals surface area contributed by atoms with Gasteiger partial charge in [-0.15, -0.1) is 0 Å². The van der Waals surface area contributed by atoms with Crippen molar-refractivity contribution in [1.82, 2.24) is 0 Å². The average Bonchev–Trinajstić information content (AvgIpc) is 2.82. The molecule has 0 radical (unpaired) electrons. The fraction of sp³-hybridized carbons (Fsp3) is 0.684. The molecular weight excluding hydrogens is 244 g/mol. The Labute approximate surface area is 123 Å². The summed E-state index contributed by atoms with van der Waals surface area (Å²) in [6.07, 6.45) is 4.48. The van der Waals surface area contributed by atoms with Crippen LogP contribution < -0.4 is 0 Å². The highest BCUT2D eigenvalue weighted by Gasteiger charge is 2.67. The number of benzene rings is 1. The summed E-state index contributed by atoms with van der Waals surface area (Å²) in [6, 6.07) is 6.62. The van der Waals surface area contributed by atoms with Crippen molar-refractivity contribution in [1.29, 1.82) is 0 Å². The highest BCUT2D eigenvalue weighted by molar-refractivity contribution is 5.34. The van der Waals surface area contributed by atoms with Crippen molar-refractivity contribution >= 4 is 0 Å². The number of aliphatic hydroxyl groups is 1. The minimum Gasteiger partial charge on any atom is -0.388 e. The summed E-state index contributed by atoms with van der Waals surface area (Å²) < 4.78 is 0. The Morgan fingerprint density at radius 1 is 1.20 bits per heavy atom. The summed E-state index contributed by atoms with van der Waals surface area (Å²) >= 11 is 0. The molecule has 0 saturated heterocycles. The van der Waals surface area contributed by atoms with E-state index in [-0.39, 0.29) is 10.8 Å². The maximum Gasteiger partial charge on any atom is 0.0794 e. The largest absolute Gasteiger partial charge is 0.388 e. The molecule has 1 aromatic carbocycles. The highest BCUT2D eigenvalue weighted by atomic mass is 16.3. The summed E-state index contributed by atoms with van der Waals surface area (Å²) in [5, 5.41) is 11.6. The van der Waals surface area contributed by atoms with E-state index >= 15 is 0 Å². The molecule has 2 fully saturated rings. The number of fused-ring (bicyclic) bond motifs is 2. The number of rotatable bonds is 2. The Balaban J connectivity index is 2.02. The minimum absolute atomic E-state index is 0.0240. The first kappa shape index (κ1) is 14.1. The summed E-state index contributed by atoms with van der Waals surface area (Å²) in [5.74, 6) is 0.683. The van der Waals surface area contributed by atoms with Gasteiger partial charge in [-0.05, 0) is 61.0 Å². The van der Waals surface area contributed by atoms with Gasteiger partial charge in [-0.3, -0.25) is 0 Å². The van der Waals surface area contributed by atoms with Gasteiger partial charge in [-0.1, -0.05) is 44.5 Å². The normalized spacial score (nSPS) is 38.4. The van der Waals surface area contributed by atoms with Gasteiger partial charge in [0.2, 0.25) is 0 Å². The third kappa shape index (κ3) is 1.65. The van der Waals surface area contributed by atoms with Crippen LogP contribution in [0.4, 0.5) is 0 Å². The molecule has 0 spiro atoms. The fourth-order valence-electron chi connectivity index (χ4n) is 5.06. The molecule has 0 amide bonds. The molecule has 1 aromatic rings. The molecular formula is C19H28O. The van der Waals surface area contributed by atoms with Gasteiger partial charge in [0.05, 0.1) is 5.60 Å². The molecule has 2 saturated carbocycles. The number of aryl methyl sites for hydroxylation is 2. The standard InChI is InChI=1S/C19H28O/c1-13-6-7-14(2)15(10-13)11-19(20)17(3,4)16-8-9-18(19,5)12-16/h6-7,10,16,20H,8-9,11-12H2,1-5H3. The first-order valence-corrected chi connectivity index (χ1v) is 7.98. The molecule has 1 heteroatoms. The summed E-state index contributed by atoms with van der Waals surface area (Å²) in [7, 11) is 0. The first-order chi connectivity index (χ1) is 9.20. The van der Waals surface area contributed by atoms with E-state index in [0.29, 0.717) is 5.92 Å². The zero-order valence-corrected chi connectivity index (χ0v) is 13.6. The topological polar surface area (TPSA) is 20.2 Å². The van der Waals surface area contributed by atoms with E-state index in [1.165, 1.54) is 36.0 Å². The Hall–Kier alpha value is -0.820. The molecule has 2 bridgehead atoms. The highest BCUT2D eigenvalue weighted by Crippen LogP contribution is 2.68. The van der Waals surface area contributed by atoms with Crippen LogP contribution in [-0.2, 0) is 6.42 Å². The molecule has 110 valence electrons. The molecule has 3 atom stereocenters. The SMILES string of the molecule is Cc1ccc(C)c(CC2(O)C3(C)CCC(C3)C2(C)C)c1.